The van der Waals surface area contributed by atoms with Gasteiger partial charge in [-0.05, 0) is 68.2 Å². The van der Waals surface area contributed by atoms with Crippen LogP contribution in [0.3, 0.4) is 0 Å². The predicted molar refractivity (Wildman–Crippen MR) is 89.1 cm³/mol. The third-order valence-electron chi connectivity index (χ3n) is 5.10. The van der Waals surface area contributed by atoms with Crippen molar-refractivity contribution in [2.45, 2.75) is 45.6 Å². The van der Waals surface area contributed by atoms with Crippen molar-refractivity contribution in [2.75, 3.05) is 20.1 Å². The van der Waals surface area contributed by atoms with E-state index in [1.54, 1.807) is 0 Å². The zero-order valence-corrected chi connectivity index (χ0v) is 13.8. The predicted octanol–water partition coefficient (Wildman–Crippen LogP) is 2.96. The Bertz CT molecular complexity index is 404. The minimum Gasteiger partial charge on any atom is -0.327 e. The Morgan fingerprint density at radius 1 is 1.29 bits per heavy atom. The first-order valence-corrected chi connectivity index (χ1v) is 8.39. The molecule has 1 heterocycles. The second-order valence-electron chi connectivity index (χ2n) is 7.11. The molecule has 0 amide bonds. The first-order chi connectivity index (χ1) is 10.1. The van der Waals surface area contributed by atoms with Gasteiger partial charge < -0.3 is 10.6 Å². The molecule has 1 aromatic rings. The number of nitrogens with zero attached hydrogens (tertiary/aromatic N) is 2. The number of aromatic nitrogens is 1. The van der Waals surface area contributed by atoms with Gasteiger partial charge in [-0.25, -0.2) is 0 Å². The number of hydrogen-bond acceptors (Lipinski definition) is 3. The molecule has 0 aliphatic heterocycles. The van der Waals surface area contributed by atoms with Gasteiger partial charge in [-0.15, -0.1) is 0 Å². The Hall–Kier alpha value is -0.930. The van der Waals surface area contributed by atoms with E-state index in [-0.39, 0.29) is 0 Å². The fourth-order valence-corrected chi connectivity index (χ4v) is 3.50. The van der Waals surface area contributed by atoms with Gasteiger partial charge in [0.15, 0.2) is 0 Å². The van der Waals surface area contributed by atoms with Crippen LogP contribution in [0, 0.1) is 17.8 Å². The van der Waals surface area contributed by atoms with Crippen LogP contribution in [0.1, 0.15) is 38.7 Å². The second-order valence-corrected chi connectivity index (χ2v) is 7.11. The fraction of sp³-hybridized carbons (Fsp3) is 0.722. The summed E-state index contributed by atoms with van der Waals surface area (Å²) in [5.41, 5.74) is 7.73. The van der Waals surface area contributed by atoms with Gasteiger partial charge in [-0.3, -0.25) is 4.98 Å². The van der Waals surface area contributed by atoms with E-state index >= 15 is 0 Å². The van der Waals surface area contributed by atoms with Crippen molar-refractivity contribution in [1.82, 2.24) is 9.88 Å². The molecule has 1 fully saturated rings. The van der Waals surface area contributed by atoms with Crippen molar-refractivity contribution < 1.29 is 0 Å². The maximum atomic E-state index is 6.36. The Morgan fingerprint density at radius 3 is 2.67 bits per heavy atom. The third kappa shape index (κ3) is 5.08. The monoisotopic (exact) mass is 289 g/mol. The SMILES string of the molecule is CC(C)C1CCC(N)C(CN(C)CCc2ccncc2)C1. The van der Waals surface area contributed by atoms with Gasteiger partial charge in [0.2, 0.25) is 0 Å². The van der Waals surface area contributed by atoms with Crippen LogP contribution < -0.4 is 5.73 Å². The minimum atomic E-state index is 0.392. The maximum Gasteiger partial charge on any atom is 0.0270 e. The van der Waals surface area contributed by atoms with E-state index in [0.29, 0.717) is 12.0 Å². The molecule has 3 nitrogen and oxygen atoms in total. The average molecular weight is 289 g/mol. The summed E-state index contributed by atoms with van der Waals surface area (Å²) >= 11 is 0. The molecule has 2 N–H and O–H groups in total. The Labute approximate surface area is 129 Å². The molecular weight excluding hydrogens is 258 g/mol. The quantitative estimate of drug-likeness (QED) is 0.875. The van der Waals surface area contributed by atoms with Crippen molar-refractivity contribution >= 4 is 0 Å². The summed E-state index contributed by atoms with van der Waals surface area (Å²) < 4.78 is 0. The van der Waals surface area contributed by atoms with Crippen molar-refractivity contribution in [1.29, 1.82) is 0 Å². The molecule has 1 saturated carbocycles. The number of rotatable bonds is 6. The van der Waals surface area contributed by atoms with E-state index < -0.39 is 0 Å². The summed E-state index contributed by atoms with van der Waals surface area (Å²) in [6, 6.07) is 4.60. The molecular formula is C18H31N3. The van der Waals surface area contributed by atoms with Gasteiger partial charge in [0, 0.05) is 31.5 Å². The molecule has 2 rings (SSSR count). The molecule has 118 valence electrons. The van der Waals surface area contributed by atoms with Crippen LogP contribution in [-0.2, 0) is 6.42 Å². The molecule has 21 heavy (non-hydrogen) atoms. The summed E-state index contributed by atoms with van der Waals surface area (Å²) in [5, 5.41) is 0. The maximum absolute atomic E-state index is 6.36. The first kappa shape index (κ1) is 16.4. The number of pyridine rings is 1. The van der Waals surface area contributed by atoms with E-state index in [1.807, 2.05) is 12.4 Å². The van der Waals surface area contributed by atoms with Crippen LogP contribution >= 0.6 is 0 Å². The van der Waals surface area contributed by atoms with Gasteiger partial charge in [0.25, 0.3) is 0 Å². The van der Waals surface area contributed by atoms with E-state index in [0.717, 1.165) is 31.3 Å². The molecule has 3 atom stereocenters. The molecule has 0 bridgehead atoms. The number of hydrogen-bond donors (Lipinski definition) is 1. The van der Waals surface area contributed by atoms with Crippen molar-refractivity contribution in [3.05, 3.63) is 30.1 Å². The van der Waals surface area contributed by atoms with Crippen LogP contribution in [0.4, 0.5) is 0 Å². The largest absolute Gasteiger partial charge is 0.327 e. The second kappa shape index (κ2) is 7.90. The molecule has 0 spiro atoms. The van der Waals surface area contributed by atoms with Gasteiger partial charge in [-0.2, -0.15) is 0 Å². The summed E-state index contributed by atoms with van der Waals surface area (Å²) in [7, 11) is 2.23. The van der Waals surface area contributed by atoms with E-state index in [1.165, 1.54) is 24.8 Å². The molecule has 1 aliphatic carbocycles. The van der Waals surface area contributed by atoms with E-state index in [4.69, 9.17) is 5.73 Å². The molecule has 0 saturated heterocycles. The molecule has 0 aromatic carbocycles. The summed E-state index contributed by atoms with van der Waals surface area (Å²) in [5.74, 6) is 2.32. The van der Waals surface area contributed by atoms with Gasteiger partial charge in [0.05, 0.1) is 0 Å². The van der Waals surface area contributed by atoms with E-state index in [9.17, 15) is 0 Å². The van der Waals surface area contributed by atoms with Crippen molar-refractivity contribution in [2.24, 2.45) is 23.5 Å². The molecule has 3 heteroatoms. The fourth-order valence-electron chi connectivity index (χ4n) is 3.50. The average Bonchev–Trinajstić information content (AvgIpc) is 2.48. The first-order valence-electron chi connectivity index (χ1n) is 8.39. The zero-order valence-electron chi connectivity index (χ0n) is 13.8. The lowest BCUT2D eigenvalue weighted by Gasteiger charge is -2.38. The lowest BCUT2D eigenvalue weighted by molar-refractivity contribution is 0.150. The van der Waals surface area contributed by atoms with Crippen LogP contribution in [0.5, 0.6) is 0 Å². The molecule has 1 aliphatic rings. The summed E-state index contributed by atoms with van der Waals surface area (Å²) in [6.07, 6.45) is 8.66. The highest BCUT2D eigenvalue weighted by Gasteiger charge is 2.30. The van der Waals surface area contributed by atoms with Crippen molar-refractivity contribution in [3.63, 3.8) is 0 Å². The number of likely N-dealkylation sites (N-methyl/N-ethyl adjacent to an activating group) is 1. The van der Waals surface area contributed by atoms with Gasteiger partial charge in [0.1, 0.15) is 0 Å². The normalized spacial score (nSPS) is 26.5. The number of nitrogens with two attached hydrogens (primary N) is 1. The Morgan fingerprint density at radius 2 is 2.00 bits per heavy atom. The van der Waals surface area contributed by atoms with Crippen LogP contribution in [0.2, 0.25) is 0 Å². The lowest BCUT2D eigenvalue weighted by Crippen LogP contribution is -2.43. The van der Waals surface area contributed by atoms with Gasteiger partial charge in [-0.1, -0.05) is 13.8 Å². The Kier molecular flexibility index (Phi) is 6.19. The van der Waals surface area contributed by atoms with E-state index in [2.05, 4.69) is 42.9 Å². The lowest BCUT2D eigenvalue weighted by atomic mass is 9.74. The van der Waals surface area contributed by atoms with Crippen LogP contribution in [0.15, 0.2) is 24.5 Å². The molecule has 1 aromatic heterocycles. The summed E-state index contributed by atoms with van der Waals surface area (Å²) in [4.78, 5) is 6.52. The highest BCUT2D eigenvalue weighted by atomic mass is 15.1. The highest BCUT2D eigenvalue weighted by molar-refractivity contribution is 5.09. The molecule has 3 unspecified atom stereocenters. The van der Waals surface area contributed by atoms with Gasteiger partial charge >= 0.3 is 0 Å². The Balaban J connectivity index is 1.79. The van der Waals surface area contributed by atoms with Crippen LogP contribution in [-0.4, -0.2) is 36.1 Å². The third-order valence-corrected chi connectivity index (χ3v) is 5.10. The zero-order chi connectivity index (χ0) is 15.2. The molecule has 0 radical (unpaired) electrons. The highest BCUT2D eigenvalue weighted by Crippen LogP contribution is 2.33. The topological polar surface area (TPSA) is 42.1 Å². The van der Waals surface area contributed by atoms with Crippen molar-refractivity contribution in [3.8, 4) is 0 Å². The summed E-state index contributed by atoms with van der Waals surface area (Å²) in [6.45, 7) is 6.94. The van der Waals surface area contributed by atoms with Crippen LogP contribution in [0.25, 0.3) is 0 Å². The standard InChI is InChI=1S/C18H31N3/c1-14(2)16-4-5-18(19)17(12-16)13-21(3)11-8-15-6-9-20-10-7-15/h6-7,9-10,14,16-18H,4-5,8,11-13,19H2,1-3H3. The smallest absolute Gasteiger partial charge is 0.0270 e. The minimum absolute atomic E-state index is 0.392.